The largest absolute Gasteiger partial charge is 0.497 e. The molecule has 0 saturated carbocycles. The van der Waals surface area contributed by atoms with Crippen molar-refractivity contribution in [3.63, 3.8) is 0 Å². The Hall–Kier alpha value is -2.34. The van der Waals surface area contributed by atoms with Gasteiger partial charge in [0.2, 0.25) is 0 Å². The van der Waals surface area contributed by atoms with E-state index in [1.54, 1.807) is 32.0 Å². The number of nitrogens with zero attached hydrogens (tertiary/aromatic N) is 2. The summed E-state index contributed by atoms with van der Waals surface area (Å²) in [4.78, 5) is 12.0. The molecule has 1 N–H and O–H groups in total. The van der Waals surface area contributed by atoms with Crippen LogP contribution in [0.5, 0.6) is 5.75 Å². The van der Waals surface area contributed by atoms with Gasteiger partial charge in [-0.2, -0.15) is 5.10 Å². The molecule has 0 fully saturated rings. The van der Waals surface area contributed by atoms with Crippen LogP contribution in [0.4, 0.5) is 0 Å². The molecular formula is C15H19N3O3. The average molecular weight is 289 g/mol. The second-order valence-corrected chi connectivity index (χ2v) is 4.52. The third-order valence-electron chi connectivity index (χ3n) is 3.07. The van der Waals surface area contributed by atoms with E-state index in [4.69, 9.17) is 9.47 Å². The molecule has 0 radical (unpaired) electrons. The van der Waals surface area contributed by atoms with Gasteiger partial charge in [-0.1, -0.05) is 12.1 Å². The Kier molecular flexibility index (Phi) is 4.94. The normalized spacial score (nSPS) is 10.4. The predicted octanol–water partition coefficient (Wildman–Crippen LogP) is 1.47. The summed E-state index contributed by atoms with van der Waals surface area (Å²) in [7, 11) is 5.02. The summed E-state index contributed by atoms with van der Waals surface area (Å²) in [6, 6.07) is 9.39. The van der Waals surface area contributed by atoms with Crippen molar-refractivity contribution in [3.8, 4) is 17.0 Å². The van der Waals surface area contributed by atoms with Gasteiger partial charge in [0.1, 0.15) is 5.75 Å². The van der Waals surface area contributed by atoms with Crippen molar-refractivity contribution in [2.75, 3.05) is 27.4 Å². The quantitative estimate of drug-likeness (QED) is 0.818. The molecule has 0 aliphatic carbocycles. The van der Waals surface area contributed by atoms with E-state index in [9.17, 15) is 4.79 Å². The van der Waals surface area contributed by atoms with Crippen LogP contribution in [0.15, 0.2) is 30.3 Å². The first-order valence-corrected chi connectivity index (χ1v) is 6.61. The average Bonchev–Trinajstić information content (AvgIpc) is 2.89. The first-order valence-electron chi connectivity index (χ1n) is 6.61. The van der Waals surface area contributed by atoms with Gasteiger partial charge in [-0.05, 0) is 18.2 Å². The number of nitrogens with one attached hydrogen (secondary N) is 1. The molecule has 2 rings (SSSR count). The number of aryl methyl sites for hydroxylation is 1. The van der Waals surface area contributed by atoms with Crippen LogP contribution < -0.4 is 10.1 Å². The summed E-state index contributed by atoms with van der Waals surface area (Å²) in [5.74, 6) is 0.552. The van der Waals surface area contributed by atoms with Crippen LogP contribution in [-0.2, 0) is 11.8 Å². The lowest BCUT2D eigenvalue weighted by atomic mass is 10.1. The molecule has 1 aromatic carbocycles. The van der Waals surface area contributed by atoms with E-state index in [1.165, 1.54) is 0 Å². The molecule has 0 atom stereocenters. The standard InChI is InChI=1S/C15H19N3O3/c1-18-14(11-5-4-6-12(9-11)21-3)10-13(17-18)15(19)16-7-8-20-2/h4-6,9-10H,7-8H2,1-3H3,(H,16,19). The van der Waals surface area contributed by atoms with Gasteiger partial charge in [-0.25, -0.2) is 0 Å². The Bertz CT molecular complexity index is 622. The highest BCUT2D eigenvalue weighted by molar-refractivity contribution is 5.93. The smallest absolute Gasteiger partial charge is 0.271 e. The molecule has 1 aromatic heterocycles. The Morgan fingerprint density at radius 2 is 2.14 bits per heavy atom. The summed E-state index contributed by atoms with van der Waals surface area (Å²) in [5.41, 5.74) is 2.18. The van der Waals surface area contributed by atoms with E-state index in [-0.39, 0.29) is 5.91 Å². The molecule has 0 unspecified atom stereocenters. The number of carbonyl (C=O) groups excluding carboxylic acids is 1. The van der Waals surface area contributed by atoms with E-state index in [2.05, 4.69) is 10.4 Å². The van der Waals surface area contributed by atoms with E-state index in [1.807, 2.05) is 24.3 Å². The fourth-order valence-electron chi connectivity index (χ4n) is 1.99. The van der Waals surface area contributed by atoms with Crippen LogP contribution in [-0.4, -0.2) is 43.1 Å². The number of aromatic nitrogens is 2. The summed E-state index contributed by atoms with van der Waals surface area (Å²) in [6.45, 7) is 0.932. The number of amides is 1. The zero-order valence-corrected chi connectivity index (χ0v) is 12.4. The van der Waals surface area contributed by atoms with Crippen LogP contribution in [0.25, 0.3) is 11.3 Å². The maximum atomic E-state index is 12.0. The third-order valence-corrected chi connectivity index (χ3v) is 3.07. The number of ether oxygens (including phenoxy) is 2. The molecule has 0 spiro atoms. The van der Waals surface area contributed by atoms with E-state index < -0.39 is 0 Å². The van der Waals surface area contributed by atoms with E-state index in [0.29, 0.717) is 18.8 Å². The van der Waals surface area contributed by atoms with Crippen molar-refractivity contribution < 1.29 is 14.3 Å². The first kappa shape index (κ1) is 15.1. The van der Waals surface area contributed by atoms with Crippen LogP contribution in [0, 0.1) is 0 Å². The summed E-state index contributed by atoms with van der Waals surface area (Å²) in [6.07, 6.45) is 0. The van der Waals surface area contributed by atoms with Gasteiger partial charge in [-0.3, -0.25) is 9.48 Å². The highest BCUT2D eigenvalue weighted by Gasteiger charge is 2.13. The monoisotopic (exact) mass is 289 g/mol. The molecular weight excluding hydrogens is 270 g/mol. The molecule has 0 bridgehead atoms. The highest BCUT2D eigenvalue weighted by atomic mass is 16.5. The lowest BCUT2D eigenvalue weighted by molar-refractivity contribution is 0.0931. The van der Waals surface area contributed by atoms with Gasteiger partial charge < -0.3 is 14.8 Å². The molecule has 1 amide bonds. The lowest BCUT2D eigenvalue weighted by Gasteiger charge is -2.04. The third kappa shape index (κ3) is 3.61. The van der Waals surface area contributed by atoms with Crippen LogP contribution >= 0.6 is 0 Å². The van der Waals surface area contributed by atoms with Gasteiger partial charge in [-0.15, -0.1) is 0 Å². The molecule has 6 heteroatoms. The van der Waals surface area contributed by atoms with Crippen molar-refractivity contribution in [3.05, 3.63) is 36.0 Å². The fraction of sp³-hybridized carbons (Fsp3) is 0.333. The Balaban J connectivity index is 2.20. The van der Waals surface area contributed by atoms with Crippen LogP contribution in [0.2, 0.25) is 0 Å². The minimum atomic E-state index is -0.211. The zero-order valence-electron chi connectivity index (χ0n) is 12.4. The van der Waals surface area contributed by atoms with Crippen molar-refractivity contribution >= 4 is 5.91 Å². The SMILES string of the molecule is COCCNC(=O)c1cc(-c2cccc(OC)c2)n(C)n1. The molecule has 21 heavy (non-hydrogen) atoms. The van der Waals surface area contributed by atoms with Crippen molar-refractivity contribution in [2.45, 2.75) is 0 Å². The zero-order chi connectivity index (χ0) is 15.2. The van der Waals surface area contributed by atoms with E-state index in [0.717, 1.165) is 17.0 Å². The van der Waals surface area contributed by atoms with Gasteiger partial charge in [0.25, 0.3) is 5.91 Å². The maximum absolute atomic E-state index is 12.0. The van der Waals surface area contributed by atoms with E-state index >= 15 is 0 Å². The number of benzene rings is 1. The number of rotatable bonds is 6. The number of carbonyl (C=O) groups is 1. The Labute approximate surface area is 123 Å². The molecule has 6 nitrogen and oxygen atoms in total. The summed E-state index contributed by atoms with van der Waals surface area (Å²) in [5, 5.41) is 6.99. The minimum Gasteiger partial charge on any atom is -0.497 e. The fourth-order valence-corrected chi connectivity index (χ4v) is 1.99. The van der Waals surface area contributed by atoms with Gasteiger partial charge >= 0.3 is 0 Å². The molecule has 2 aromatic rings. The molecule has 1 heterocycles. The minimum absolute atomic E-state index is 0.211. The highest BCUT2D eigenvalue weighted by Crippen LogP contribution is 2.24. The summed E-state index contributed by atoms with van der Waals surface area (Å²) >= 11 is 0. The van der Waals surface area contributed by atoms with Crippen molar-refractivity contribution in [2.24, 2.45) is 7.05 Å². The molecule has 112 valence electrons. The Morgan fingerprint density at radius 3 is 2.86 bits per heavy atom. The topological polar surface area (TPSA) is 65.4 Å². The lowest BCUT2D eigenvalue weighted by Crippen LogP contribution is -2.27. The molecule has 0 aliphatic heterocycles. The van der Waals surface area contributed by atoms with Crippen molar-refractivity contribution in [1.29, 1.82) is 0 Å². The maximum Gasteiger partial charge on any atom is 0.271 e. The van der Waals surface area contributed by atoms with Crippen LogP contribution in [0.3, 0.4) is 0 Å². The summed E-state index contributed by atoms with van der Waals surface area (Å²) < 4.78 is 11.8. The number of hydrogen-bond donors (Lipinski definition) is 1. The number of hydrogen-bond acceptors (Lipinski definition) is 4. The number of methoxy groups -OCH3 is 2. The second-order valence-electron chi connectivity index (χ2n) is 4.52. The molecule has 0 aliphatic rings. The van der Waals surface area contributed by atoms with Crippen LogP contribution in [0.1, 0.15) is 10.5 Å². The van der Waals surface area contributed by atoms with Gasteiger partial charge in [0, 0.05) is 26.3 Å². The predicted molar refractivity (Wildman–Crippen MR) is 79.4 cm³/mol. The van der Waals surface area contributed by atoms with Crippen molar-refractivity contribution in [1.82, 2.24) is 15.1 Å². The first-order chi connectivity index (χ1) is 10.2. The van der Waals surface area contributed by atoms with Gasteiger partial charge in [0.15, 0.2) is 5.69 Å². The molecule has 0 saturated heterocycles. The Morgan fingerprint density at radius 1 is 1.33 bits per heavy atom. The second kappa shape index (κ2) is 6.90. The van der Waals surface area contributed by atoms with Gasteiger partial charge in [0.05, 0.1) is 19.4 Å².